The number of hydrogen-bond acceptors (Lipinski definition) is 3. The van der Waals surface area contributed by atoms with Gasteiger partial charge >= 0.3 is 0 Å². The van der Waals surface area contributed by atoms with Gasteiger partial charge in [0.2, 0.25) is 0 Å². The van der Waals surface area contributed by atoms with Gasteiger partial charge in [-0.25, -0.2) is 0 Å². The van der Waals surface area contributed by atoms with E-state index in [0.717, 1.165) is 18.0 Å². The van der Waals surface area contributed by atoms with Gasteiger partial charge in [0, 0.05) is 23.8 Å². The minimum atomic E-state index is 0.702. The highest BCUT2D eigenvalue weighted by Crippen LogP contribution is 2.26. The molecular formula is C16H26N2O. The van der Waals surface area contributed by atoms with Crippen LogP contribution >= 0.6 is 0 Å². The molecule has 1 aliphatic heterocycles. The van der Waals surface area contributed by atoms with Crippen molar-refractivity contribution in [2.75, 3.05) is 19.4 Å². The van der Waals surface area contributed by atoms with Crippen molar-refractivity contribution in [3.8, 4) is 5.75 Å². The summed E-state index contributed by atoms with van der Waals surface area (Å²) in [5.74, 6) is 0.952. The lowest BCUT2D eigenvalue weighted by Gasteiger charge is -2.29. The number of nitrogens with two attached hydrogens (primary N) is 1. The maximum Gasteiger partial charge on any atom is 0.123 e. The number of likely N-dealkylation sites (tertiary alicyclic amines) is 1. The first-order chi connectivity index (χ1) is 9.24. The molecule has 0 spiro atoms. The van der Waals surface area contributed by atoms with Crippen LogP contribution in [-0.2, 0) is 6.54 Å². The molecule has 0 saturated carbocycles. The maximum atomic E-state index is 5.91. The summed E-state index contributed by atoms with van der Waals surface area (Å²) >= 11 is 0. The molecule has 1 fully saturated rings. The quantitative estimate of drug-likeness (QED) is 0.845. The van der Waals surface area contributed by atoms with E-state index in [2.05, 4.69) is 17.9 Å². The third-order valence-electron chi connectivity index (χ3n) is 4.15. The van der Waals surface area contributed by atoms with Crippen LogP contribution in [0.1, 0.15) is 44.6 Å². The Bertz CT molecular complexity index is 406. The van der Waals surface area contributed by atoms with E-state index in [9.17, 15) is 0 Å². The number of ether oxygens (including phenoxy) is 1. The van der Waals surface area contributed by atoms with Crippen LogP contribution in [0.3, 0.4) is 0 Å². The van der Waals surface area contributed by atoms with Crippen LogP contribution in [0.4, 0.5) is 5.69 Å². The van der Waals surface area contributed by atoms with Crippen LogP contribution < -0.4 is 10.5 Å². The van der Waals surface area contributed by atoms with E-state index in [1.165, 1.54) is 44.2 Å². The zero-order chi connectivity index (χ0) is 13.7. The Morgan fingerprint density at radius 2 is 2.16 bits per heavy atom. The zero-order valence-corrected chi connectivity index (χ0v) is 12.2. The predicted octanol–water partition coefficient (Wildman–Crippen LogP) is 3.43. The summed E-state index contributed by atoms with van der Waals surface area (Å²) in [7, 11) is 1.73. The Hall–Kier alpha value is -1.22. The summed E-state index contributed by atoms with van der Waals surface area (Å²) in [6.45, 7) is 4.43. The summed E-state index contributed by atoms with van der Waals surface area (Å²) < 4.78 is 5.46. The van der Waals surface area contributed by atoms with Crippen molar-refractivity contribution in [1.82, 2.24) is 4.90 Å². The maximum absolute atomic E-state index is 5.91. The van der Waals surface area contributed by atoms with Crippen LogP contribution in [0.15, 0.2) is 18.2 Å². The van der Waals surface area contributed by atoms with Gasteiger partial charge in [-0.2, -0.15) is 0 Å². The first-order valence-corrected chi connectivity index (χ1v) is 7.41. The van der Waals surface area contributed by atoms with Gasteiger partial charge in [0.1, 0.15) is 5.75 Å². The molecule has 2 rings (SSSR count). The Morgan fingerprint density at radius 3 is 2.89 bits per heavy atom. The molecule has 0 amide bonds. The first-order valence-electron chi connectivity index (χ1n) is 7.41. The van der Waals surface area contributed by atoms with E-state index in [0.29, 0.717) is 6.04 Å². The molecule has 0 bridgehead atoms. The summed E-state index contributed by atoms with van der Waals surface area (Å²) in [5.41, 5.74) is 7.94. The molecule has 3 nitrogen and oxygen atoms in total. The molecule has 0 radical (unpaired) electrons. The van der Waals surface area contributed by atoms with Crippen molar-refractivity contribution >= 4 is 5.69 Å². The fraction of sp³-hybridized carbons (Fsp3) is 0.625. The second kappa shape index (κ2) is 6.80. The van der Waals surface area contributed by atoms with Crippen LogP contribution in [0.2, 0.25) is 0 Å². The molecule has 3 heteroatoms. The van der Waals surface area contributed by atoms with Gasteiger partial charge < -0.3 is 10.5 Å². The number of nitrogens with zero attached hydrogens (tertiary/aromatic N) is 1. The summed E-state index contributed by atoms with van der Waals surface area (Å²) in [6.07, 6.45) is 6.58. The lowest BCUT2D eigenvalue weighted by atomic mass is 10.1. The monoisotopic (exact) mass is 262 g/mol. The van der Waals surface area contributed by atoms with Gasteiger partial charge in [-0.15, -0.1) is 0 Å². The molecule has 1 saturated heterocycles. The van der Waals surface area contributed by atoms with E-state index < -0.39 is 0 Å². The lowest BCUT2D eigenvalue weighted by molar-refractivity contribution is 0.184. The number of hydrogen-bond donors (Lipinski definition) is 1. The molecule has 0 aliphatic carbocycles. The minimum absolute atomic E-state index is 0.702. The molecule has 0 aromatic heterocycles. The predicted molar refractivity (Wildman–Crippen MR) is 80.4 cm³/mol. The Morgan fingerprint density at radius 1 is 1.32 bits per heavy atom. The van der Waals surface area contributed by atoms with Crippen molar-refractivity contribution in [3.63, 3.8) is 0 Å². The highest BCUT2D eigenvalue weighted by atomic mass is 16.5. The fourth-order valence-corrected chi connectivity index (χ4v) is 3.05. The Labute approximate surface area is 116 Å². The van der Waals surface area contributed by atoms with Gasteiger partial charge in [0.25, 0.3) is 0 Å². The van der Waals surface area contributed by atoms with Crippen molar-refractivity contribution in [2.45, 2.75) is 51.6 Å². The summed E-state index contributed by atoms with van der Waals surface area (Å²) in [5, 5.41) is 0. The molecule has 19 heavy (non-hydrogen) atoms. The van der Waals surface area contributed by atoms with Gasteiger partial charge in [0.15, 0.2) is 0 Å². The van der Waals surface area contributed by atoms with Crippen molar-refractivity contribution in [3.05, 3.63) is 23.8 Å². The van der Waals surface area contributed by atoms with Gasteiger partial charge in [-0.05, 0) is 44.0 Å². The molecule has 1 atom stereocenters. The number of methoxy groups -OCH3 is 1. The second-order valence-electron chi connectivity index (χ2n) is 5.45. The van der Waals surface area contributed by atoms with E-state index >= 15 is 0 Å². The van der Waals surface area contributed by atoms with Gasteiger partial charge in [0.05, 0.1) is 7.11 Å². The molecule has 106 valence electrons. The van der Waals surface area contributed by atoms with Gasteiger partial charge in [-0.1, -0.05) is 19.8 Å². The zero-order valence-electron chi connectivity index (χ0n) is 12.2. The van der Waals surface area contributed by atoms with Crippen LogP contribution in [0.5, 0.6) is 5.75 Å². The summed E-state index contributed by atoms with van der Waals surface area (Å²) in [4.78, 5) is 2.60. The normalized spacial score (nSPS) is 21.1. The van der Waals surface area contributed by atoms with E-state index in [1.807, 2.05) is 12.1 Å². The molecule has 1 aromatic rings. The highest BCUT2D eigenvalue weighted by Gasteiger charge is 2.20. The van der Waals surface area contributed by atoms with Crippen LogP contribution in [0.25, 0.3) is 0 Å². The average molecular weight is 262 g/mol. The number of anilines is 1. The van der Waals surface area contributed by atoms with Crippen molar-refractivity contribution < 1.29 is 4.74 Å². The molecule has 2 N–H and O–H groups in total. The lowest BCUT2D eigenvalue weighted by Crippen LogP contribution is -2.33. The average Bonchev–Trinajstić information content (AvgIpc) is 2.64. The van der Waals surface area contributed by atoms with Crippen LogP contribution in [-0.4, -0.2) is 24.6 Å². The second-order valence-corrected chi connectivity index (χ2v) is 5.45. The number of nitrogen functional groups attached to an aromatic ring is 1. The minimum Gasteiger partial charge on any atom is -0.496 e. The standard InChI is InChI=1S/C16H26N2O/c1-3-15-7-5-4-6-10-18(15)12-13-11-14(17)8-9-16(13)19-2/h8-9,11,15H,3-7,10,12,17H2,1-2H3. The first kappa shape index (κ1) is 14.2. The van der Waals surface area contributed by atoms with Crippen molar-refractivity contribution in [1.29, 1.82) is 0 Å². The fourth-order valence-electron chi connectivity index (χ4n) is 3.05. The van der Waals surface area contributed by atoms with E-state index in [4.69, 9.17) is 10.5 Å². The largest absolute Gasteiger partial charge is 0.496 e. The Balaban J connectivity index is 2.15. The molecule has 1 unspecified atom stereocenters. The van der Waals surface area contributed by atoms with Crippen molar-refractivity contribution in [2.24, 2.45) is 0 Å². The Kier molecular flexibility index (Phi) is 5.08. The molecule has 1 aromatic carbocycles. The van der Waals surface area contributed by atoms with Gasteiger partial charge in [-0.3, -0.25) is 4.90 Å². The van der Waals surface area contributed by atoms with E-state index in [1.54, 1.807) is 7.11 Å². The molecule has 1 heterocycles. The van der Waals surface area contributed by atoms with E-state index in [-0.39, 0.29) is 0 Å². The third-order valence-corrected chi connectivity index (χ3v) is 4.15. The number of benzene rings is 1. The van der Waals surface area contributed by atoms with Crippen LogP contribution in [0, 0.1) is 0 Å². The smallest absolute Gasteiger partial charge is 0.123 e. The third kappa shape index (κ3) is 3.63. The SMILES string of the molecule is CCC1CCCCCN1Cc1cc(N)ccc1OC. The topological polar surface area (TPSA) is 38.5 Å². The summed E-state index contributed by atoms with van der Waals surface area (Å²) in [6, 6.07) is 6.63. The highest BCUT2D eigenvalue weighted by molar-refractivity contribution is 5.47. The molecule has 1 aliphatic rings. The number of rotatable bonds is 4. The molecular weight excluding hydrogens is 236 g/mol.